The van der Waals surface area contributed by atoms with Gasteiger partial charge in [0, 0.05) is 25.0 Å². The summed E-state index contributed by atoms with van der Waals surface area (Å²) < 4.78 is 0. The molecule has 1 amide bonds. The van der Waals surface area contributed by atoms with Crippen molar-refractivity contribution in [3.8, 4) is 0 Å². The zero-order chi connectivity index (χ0) is 15.1. The number of rotatable bonds is 8. The van der Waals surface area contributed by atoms with Crippen LogP contribution in [0.3, 0.4) is 0 Å². The quantitative estimate of drug-likeness (QED) is 0.801. The number of amides is 1. The Balaban J connectivity index is 2.95. The van der Waals surface area contributed by atoms with Gasteiger partial charge in [-0.05, 0) is 30.8 Å². The Morgan fingerprint density at radius 2 is 2.10 bits per heavy atom. The highest BCUT2D eigenvalue weighted by atomic mass is 32.1. The highest BCUT2D eigenvalue weighted by Gasteiger charge is 2.27. The molecule has 5 heteroatoms. The van der Waals surface area contributed by atoms with E-state index in [1.165, 1.54) is 4.88 Å². The van der Waals surface area contributed by atoms with Crippen LogP contribution in [0.1, 0.15) is 37.6 Å². The van der Waals surface area contributed by atoms with Crippen molar-refractivity contribution in [3.05, 3.63) is 22.4 Å². The molecule has 0 aromatic carbocycles. The van der Waals surface area contributed by atoms with Gasteiger partial charge in [0.15, 0.2) is 0 Å². The maximum atomic E-state index is 12.1. The van der Waals surface area contributed by atoms with Crippen LogP contribution in [0.15, 0.2) is 17.5 Å². The standard InChI is InChI=1S/C15H27N3OS/c1-5-9-18(11-14(19)17(3)4)15(12(16)6-2)13-8-7-10-20-13/h7-8,10,12,15H,5-6,9,11,16H2,1-4H3. The van der Waals surface area contributed by atoms with Gasteiger partial charge in [-0.25, -0.2) is 0 Å². The maximum Gasteiger partial charge on any atom is 0.236 e. The van der Waals surface area contributed by atoms with Crippen molar-refractivity contribution in [1.82, 2.24) is 9.80 Å². The minimum Gasteiger partial charge on any atom is -0.348 e. The van der Waals surface area contributed by atoms with Crippen LogP contribution in [0.4, 0.5) is 0 Å². The van der Waals surface area contributed by atoms with Crippen LogP contribution >= 0.6 is 11.3 Å². The fourth-order valence-electron chi connectivity index (χ4n) is 2.26. The zero-order valence-electron chi connectivity index (χ0n) is 13.0. The lowest BCUT2D eigenvalue weighted by atomic mass is 10.0. The Morgan fingerprint density at radius 1 is 1.40 bits per heavy atom. The van der Waals surface area contributed by atoms with Crippen LogP contribution < -0.4 is 5.73 Å². The van der Waals surface area contributed by atoms with Gasteiger partial charge in [-0.15, -0.1) is 11.3 Å². The van der Waals surface area contributed by atoms with Gasteiger partial charge in [-0.1, -0.05) is 19.9 Å². The molecule has 0 bridgehead atoms. The van der Waals surface area contributed by atoms with Crippen LogP contribution in [0.25, 0.3) is 0 Å². The predicted octanol–water partition coefficient (Wildman–Crippen LogP) is 2.33. The summed E-state index contributed by atoms with van der Waals surface area (Å²) in [6, 6.07) is 4.35. The topological polar surface area (TPSA) is 49.6 Å². The maximum absolute atomic E-state index is 12.1. The molecule has 0 saturated heterocycles. The average molecular weight is 297 g/mol. The number of likely N-dealkylation sites (N-methyl/N-ethyl adjacent to an activating group) is 1. The molecule has 4 nitrogen and oxygen atoms in total. The monoisotopic (exact) mass is 297 g/mol. The molecule has 2 N–H and O–H groups in total. The van der Waals surface area contributed by atoms with Crippen LogP contribution in [-0.2, 0) is 4.79 Å². The smallest absolute Gasteiger partial charge is 0.236 e. The van der Waals surface area contributed by atoms with E-state index in [4.69, 9.17) is 5.73 Å². The summed E-state index contributed by atoms with van der Waals surface area (Å²) in [5.74, 6) is 0.128. The first-order valence-corrected chi connectivity index (χ1v) is 8.12. The summed E-state index contributed by atoms with van der Waals surface area (Å²) in [4.78, 5) is 17.2. The fourth-order valence-corrected chi connectivity index (χ4v) is 3.20. The molecule has 1 aromatic heterocycles. The molecule has 0 saturated carbocycles. The van der Waals surface area contributed by atoms with Gasteiger partial charge < -0.3 is 10.6 Å². The van der Waals surface area contributed by atoms with E-state index in [9.17, 15) is 4.79 Å². The van der Waals surface area contributed by atoms with Crippen LogP contribution in [-0.4, -0.2) is 48.9 Å². The Hall–Kier alpha value is -0.910. The number of hydrogen-bond acceptors (Lipinski definition) is 4. The normalized spacial score (nSPS) is 14.3. The van der Waals surface area contributed by atoms with Crippen LogP contribution in [0, 0.1) is 0 Å². The van der Waals surface area contributed by atoms with E-state index in [2.05, 4.69) is 30.2 Å². The zero-order valence-corrected chi connectivity index (χ0v) is 13.8. The third-order valence-electron chi connectivity index (χ3n) is 3.45. The molecular weight excluding hydrogens is 270 g/mol. The molecule has 20 heavy (non-hydrogen) atoms. The molecule has 0 radical (unpaired) electrons. The summed E-state index contributed by atoms with van der Waals surface area (Å²) >= 11 is 1.72. The summed E-state index contributed by atoms with van der Waals surface area (Å²) in [6.07, 6.45) is 1.91. The van der Waals surface area contributed by atoms with Crippen molar-refractivity contribution >= 4 is 17.2 Å². The molecule has 2 unspecified atom stereocenters. The fraction of sp³-hybridized carbons (Fsp3) is 0.667. The molecule has 0 fully saturated rings. The summed E-state index contributed by atoms with van der Waals surface area (Å²) in [6.45, 7) is 5.55. The number of carbonyl (C=O) groups is 1. The van der Waals surface area contributed by atoms with Gasteiger partial charge in [-0.2, -0.15) is 0 Å². The van der Waals surface area contributed by atoms with E-state index in [0.29, 0.717) is 6.54 Å². The summed E-state index contributed by atoms with van der Waals surface area (Å²) in [5, 5.41) is 2.07. The molecule has 2 atom stereocenters. The highest BCUT2D eigenvalue weighted by Crippen LogP contribution is 2.29. The average Bonchev–Trinajstić information content (AvgIpc) is 2.92. The minimum atomic E-state index is 0.0511. The van der Waals surface area contributed by atoms with Gasteiger partial charge in [0.25, 0.3) is 0 Å². The van der Waals surface area contributed by atoms with E-state index in [-0.39, 0.29) is 18.0 Å². The van der Waals surface area contributed by atoms with E-state index in [1.54, 1.807) is 30.3 Å². The first kappa shape index (κ1) is 17.1. The molecule has 0 aliphatic carbocycles. The van der Waals surface area contributed by atoms with Crippen LogP contribution in [0.2, 0.25) is 0 Å². The third-order valence-corrected chi connectivity index (χ3v) is 4.40. The molecule has 1 heterocycles. The molecule has 0 spiro atoms. The Morgan fingerprint density at radius 3 is 2.55 bits per heavy atom. The molecule has 0 aliphatic rings. The number of hydrogen-bond donors (Lipinski definition) is 1. The van der Waals surface area contributed by atoms with Crippen LogP contribution in [0.5, 0.6) is 0 Å². The second kappa shape index (κ2) is 8.39. The largest absolute Gasteiger partial charge is 0.348 e. The Labute approximate surface area is 126 Å². The van der Waals surface area contributed by atoms with E-state index < -0.39 is 0 Å². The Bertz CT molecular complexity index is 392. The van der Waals surface area contributed by atoms with Crippen molar-refractivity contribution in [2.45, 2.75) is 38.8 Å². The minimum absolute atomic E-state index is 0.0511. The van der Waals surface area contributed by atoms with Gasteiger partial charge in [0.05, 0.1) is 12.6 Å². The predicted molar refractivity (Wildman–Crippen MR) is 85.9 cm³/mol. The lowest BCUT2D eigenvalue weighted by Gasteiger charge is -2.34. The van der Waals surface area contributed by atoms with Crippen molar-refractivity contribution in [2.24, 2.45) is 5.73 Å². The number of carbonyl (C=O) groups excluding carboxylic acids is 1. The van der Waals surface area contributed by atoms with Gasteiger partial charge in [-0.3, -0.25) is 9.69 Å². The number of nitrogens with two attached hydrogens (primary N) is 1. The van der Waals surface area contributed by atoms with Crippen molar-refractivity contribution in [1.29, 1.82) is 0 Å². The first-order chi connectivity index (χ1) is 9.51. The molecule has 114 valence electrons. The van der Waals surface area contributed by atoms with Gasteiger partial charge >= 0.3 is 0 Å². The molecular formula is C15H27N3OS. The number of nitrogens with zero attached hydrogens (tertiary/aromatic N) is 2. The van der Waals surface area contributed by atoms with E-state index >= 15 is 0 Å². The molecule has 1 rings (SSSR count). The third kappa shape index (κ3) is 4.58. The highest BCUT2D eigenvalue weighted by molar-refractivity contribution is 7.10. The Kier molecular flexibility index (Phi) is 7.19. The molecule has 1 aromatic rings. The lowest BCUT2D eigenvalue weighted by molar-refractivity contribution is -0.130. The molecule has 0 aliphatic heterocycles. The summed E-state index contributed by atoms with van der Waals surface area (Å²) in [7, 11) is 3.60. The second-order valence-electron chi connectivity index (χ2n) is 5.29. The second-order valence-corrected chi connectivity index (χ2v) is 6.27. The number of thiophene rings is 1. The van der Waals surface area contributed by atoms with Gasteiger partial charge in [0.2, 0.25) is 5.91 Å². The van der Waals surface area contributed by atoms with E-state index in [1.807, 2.05) is 6.07 Å². The van der Waals surface area contributed by atoms with E-state index in [0.717, 1.165) is 19.4 Å². The van der Waals surface area contributed by atoms with Gasteiger partial charge in [0.1, 0.15) is 0 Å². The van der Waals surface area contributed by atoms with Crippen molar-refractivity contribution in [2.75, 3.05) is 27.2 Å². The van der Waals surface area contributed by atoms with Crippen molar-refractivity contribution < 1.29 is 4.79 Å². The first-order valence-electron chi connectivity index (χ1n) is 7.24. The van der Waals surface area contributed by atoms with Crippen molar-refractivity contribution in [3.63, 3.8) is 0 Å². The lowest BCUT2D eigenvalue weighted by Crippen LogP contribution is -2.45. The summed E-state index contributed by atoms with van der Waals surface area (Å²) in [5.41, 5.74) is 6.33. The SMILES string of the molecule is CCCN(CC(=O)N(C)C)C(c1cccs1)C(N)CC.